The van der Waals surface area contributed by atoms with Gasteiger partial charge in [0.1, 0.15) is 12.4 Å². The number of nitrogens with zero attached hydrogens (tertiary/aromatic N) is 1. The van der Waals surface area contributed by atoms with Crippen molar-refractivity contribution in [3.63, 3.8) is 0 Å². The number of rotatable bonds is 3. The number of carboxylic acid groups (broad SMARTS) is 1. The highest BCUT2D eigenvalue weighted by Gasteiger charge is 2.29. The highest BCUT2D eigenvalue weighted by atomic mass is 35.5. The van der Waals surface area contributed by atoms with Gasteiger partial charge in [-0.2, -0.15) is 0 Å². The highest BCUT2D eigenvalue weighted by molar-refractivity contribution is 6.30. The molecule has 1 aromatic rings. The predicted molar refractivity (Wildman–Crippen MR) is 69.8 cm³/mol. The van der Waals surface area contributed by atoms with Gasteiger partial charge in [0.15, 0.2) is 0 Å². The number of hydrogen-bond acceptors (Lipinski definition) is 2. The Bertz CT molecular complexity index is 511. The van der Waals surface area contributed by atoms with Crippen molar-refractivity contribution in [1.82, 2.24) is 4.90 Å². The Labute approximate surface area is 115 Å². The van der Waals surface area contributed by atoms with Gasteiger partial charge >= 0.3 is 5.97 Å². The summed E-state index contributed by atoms with van der Waals surface area (Å²) < 4.78 is 13.3. The molecule has 0 unspecified atom stereocenters. The van der Waals surface area contributed by atoms with Gasteiger partial charge in [0.2, 0.25) is 0 Å². The van der Waals surface area contributed by atoms with E-state index in [-0.39, 0.29) is 10.6 Å². The van der Waals surface area contributed by atoms with Gasteiger partial charge in [0.25, 0.3) is 5.91 Å². The van der Waals surface area contributed by atoms with Crippen LogP contribution in [0.2, 0.25) is 5.02 Å². The molecule has 6 heteroatoms. The van der Waals surface area contributed by atoms with E-state index in [1.807, 2.05) is 0 Å². The molecule has 19 heavy (non-hydrogen) atoms. The van der Waals surface area contributed by atoms with Crippen LogP contribution in [0.15, 0.2) is 18.2 Å². The highest BCUT2D eigenvalue weighted by Crippen LogP contribution is 2.20. The molecule has 0 aromatic heterocycles. The van der Waals surface area contributed by atoms with Gasteiger partial charge in [-0.15, -0.1) is 0 Å². The minimum absolute atomic E-state index is 0.0677. The van der Waals surface area contributed by atoms with E-state index in [2.05, 4.69) is 0 Å². The maximum Gasteiger partial charge on any atom is 0.323 e. The Morgan fingerprint density at radius 2 is 1.95 bits per heavy atom. The number of amides is 1. The second-order valence-corrected chi connectivity index (χ2v) is 5.49. The van der Waals surface area contributed by atoms with E-state index in [0.717, 1.165) is 11.0 Å². The van der Waals surface area contributed by atoms with Gasteiger partial charge in [-0.1, -0.05) is 11.6 Å². The van der Waals surface area contributed by atoms with Crippen molar-refractivity contribution >= 4 is 23.5 Å². The average Bonchev–Trinajstić information content (AvgIpc) is 2.27. The third-order valence-electron chi connectivity index (χ3n) is 2.51. The molecule has 104 valence electrons. The van der Waals surface area contributed by atoms with E-state index in [4.69, 9.17) is 16.7 Å². The fraction of sp³-hybridized carbons (Fsp3) is 0.385. The molecule has 0 aliphatic rings. The average molecular weight is 288 g/mol. The zero-order valence-electron chi connectivity index (χ0n) is 10.9. The molecule has 0 radical (unpaired) electrons. The molecule has 0 fully saturated rings. The van der Waals surface area contributed by atoms with Crippen LogP contribution in [0.4, 0.5) is 4.39 Å². The quantitative estimate of drug-likeness (QED) is 0.930. The first-order valence-electron chi connectivity index (χ1n) is 5.61. The largest absolute Gasteiger partial charge is 0.480 e. The van der Waals surface area contributed by atoms with E-state index in [9.17, 15) is 14.0 Å². The monoisotopic (exact) mass is 287 g/mol. The number of carbonyl (C=O) groups excluding carboxylic acids is 1. The third-order valence-corrected chi connectivity index (χ3v) is 2.82. The predicted octanol–water partition coefficient (Wildman–Crippen LogP) is 2.80. The number of benzene rings is 1. The Kier molecular flexibility index (Phi) is 4.52. The summed E-state index contributed by atoms with van der Waals surface area (Å²) in [7, 11) is 0. The first-order chi connectivity index (χ1) is 8.62. The van der Waals surface area contributed by atoms with Crippen molar-refractivity contribution < 1.29 is 19.1 Å². The van der Waals surface area contributed by atoms with Crippen molar-refractivity contribution in [3.05, 3.63) is 34.6 Å². The Morgan fingerprint density at radius 3 is 2.37 bits per heavy atom. The van der Waals surface area contributed by atoms with Crippen molar-refractivity contribution in [1.29, 1.82) is 0 Å². The molecule has 0 aliphatic heterocycles. The SMILES string of the molecule is CC(C)(C)N(CC(=O)O)C(=O)c1ccc(Cl)c(F)c1. The van der Waals surface area contributed by atoms with E-state index >= 15 is 0 Å². The second-order valence-electron chi connectivity index (χ2n) is 5.08. The van der Waals surface area contributed by atoms with Gasteiger partial charge in [0, 0.05) is 11.1 Å². The Hall–Kier alpha value is -1.62. The lowest BCUT2D eigenvalue weighted by Gasteiger charge is -2.34. The first kappa shape index (κ1) is 15.4. The standard InChI is InChI=1S/C13H15ClFNO3/c1-13(2,3)16(7-11(17)18)12(19)8-4-5-9(14)10(15)6-8/h4-6H,7H2,1-3H3,(H,17,18). The van der Waals surface area contributed by atoms with Crippen LogP contribution in [0.25, 0.3) is 0 Å². The number of halogens is 2. The third kappa shape index (κ3) is 3.92. The zero-order chi connectivity index (χ0) is 14.8. The van der Waals surface area contributed by atoms with Crippen molar-refractivity contribution in [2.75, 3.05) is 6.54 Å². The molecule has 0 saturated heterocycles. The summed E-state index contributed by atoms with van der Waals surface area (Å²) in [5.74, 6) is -2.39. The molecule has 0 aliphatic carbocycles. The van der Waals surface area contributed by atoms with Gasteiger partial charge < -0.3 is 10.0 Å². The molecule has 1 aromatic carbocycles. The summed E-state index contributed by atoms with van der Waals surface area (Å²) in [6.07, 6.45) is 0. The van der Waals surface area contributed by atoms with Crippen LogP contribution < -0.4 is 0 Å². The summed E-state index contributed by atoms with van der Waals surface area (Å²) in [6, 6.07) is 3.64. The topological polar surface area (TPSA) is 57.6 Å². The van der Waals surface area contributed by atoms with Crippen molar-refractivity contribution in [2.24, 2.45) is 0 Å². The Morgan fingerprint density at radius 1 is 1.37 bits per heavy atom. The molecule has 0 spiro atoms. The van der Waals surface area contributed by atoms with E-state index in [1.54, 1.807) is 20.8 Å². The number of aliphatic carboxylic acids is 1. The lowest BCUT2D eigenvalue weighted by Crippen LogP contribution is -2.48. The minimum Gasteiger partial charge on any atom is -0.480 e. The van der Waals surface area contributed by atoms with E-state index in [0.29, 0.717) is 0 Å². The molecule has 0 bridgehead atoms. The molecule has 0 saturated carbocycles. The number of carboxylic acids is 1. The molecule has 0 heterocycles. The van der Waals surface area contributed by atoms with Crippen LogP contribution in [0.3, 0.4) is 0 Å². The molecular weight excluding hydrogens is 273 g/mol. The summed E-state index contributed by atoms with van der Waals surface area (Å²) in [5, 5.41) is 8.77. The van der Waals surface area contributed by atoms with E-state index in [1.165, 1.54) is 12.1 Å². The van der Waals surface area contributed by atoms with Gasteiger partial charge in [0.05, 0.1) is 5.02 Å². The fourth-order valence-corrected chi connectivity index (χ4v) is 1.65. The van der Waals surface area contributed by atoms with Crippen LogP contribution >= 0.6 is 11.6 Å². The molecular formula is C13H15ClFNO3. The zero-order valence-corrected chi connectivity index (χ0v) is 11.7. The van der Waals surface area contributed by atoms with Gasteiger partial charge in [-0.3, -0.25) is 9.59 Å². The molecule has 1 rings (SSSR count). The van der Waals surface area contributed by atoms with Crippen LogP contribution in [-0.4, -0.2) is 34.0 Å². The lowest BCUT2D eigenvalue weighted by molar-refractivity contribution is -0.138. The Balaban J connectivity index is 3.12. The summed E-state index contributed by atoms with van der Waals surface area (Å²) in [5.41, 5.74) is -0.621. The van der Waals surface area contributed by atoms with Crippen molar-refractivity contribution in [3.8, 4) is 0 Å². The number of hydrogen-bond donors (Lipinski definition) is 1. The van der Waals surface area contributed by atoms with Gasteiger partial charge in [-0.25, -0.2) is 4.39 Å². The fourth-order valence-electron chi connectivity index (χ4n) is 1.53. The summed E-state index contributed by atoms with van der Waals surface area (Å²) in [4.78, 5) is 24.2. The second kappa shape index (κ2) is 5.57. The van der Waals surface area contributed by atoms with Crippen LogP contribution in [0, 0.1) is 5.82 Å². The first-order valence-corrected chi connectivity index (χ1v) is 5.99. The number of carbonyl (C=O) groups is 2. The molecule has 1 N–H and O–H groups in total. The lowest BCUT2D eigenvalue weighted by atomic mass is 10.0. The molecule has 4 nitrogen and oxygen atoms in total. The van der Waals surface area contributed by atoms with Crippen LogP contribution in [0.1, 0.15) is 31.1 Å². The smallest absolute Gasteiger partial charge is 0.323 e. The maximum atomic E-state index is 13.3. The van der Waals surface area contributed by atoms with Crippen molar-refractivity contribution in [2.45, 2.75) is 26.3 Å². The minimum atomic E-state index is -1.13. The summed E-state index contributed by atoms with van der Waals surface area (Å²) >= 11 is 5.55. The maximum absolute atomic E-state index is 13.3. The normalized spacial score (nSPS) is 11.2. The van der Waals surface area contributed by atoms with Crippen LogP contribution in [0.5, 0.6) is 0 Å². The van der Waals surface area contributed by atoms with Crippen LogP contribution in [-0.2, 0) is 4.79 Å². The summed E-state index contributed by atoms with van der Waals surface area (Å²) in [6.45, 7) is 4.67. The molecule has 1 amide bonds. The van der Waals surface area contributed by atoms with E-state index < -0.39 is 29.8 Å². The van der Waals surface area contributed by atoms with Gasteiger partial charge in [-0.05, 0) is 39.0 Å². The molecule has 0 atom stereocenters.